The largest absolute Gasteiger partial charge is 0.370 e. The van der Waals surface area contributed by atoms with Crippen molar-refractivity contribution in [3.05, 3.63) is 22.4 Å². The molecular weight excluding hydrogens is 300 g/mol. The van der Waals surface area contributed by atoms with Crippen molar-refractivity contribution in [1.29, 1.82) is 5.26 Å². The van der Waals surface area contributed by atoms with Gasteiger partial charge >= 0.3 is 0 Å². The number of ether oxygens (including phenoxy) is 1. The molecule has 24 heavy (non-hydrogen) atoms. The van der Waals surface area contributed by atoms with Gasteiger partial charge in [0.15, 0.2) is 0 Å². The van der Waals surface area contributed by atoms with Gasteiger partial charge in [0.05, 0.1) is 13.2 Å². The van der Waals surface area contributed by atoms with Crippen molar-refractivity contribution in [2.45, 2.75) is 45.4 Å². The van der Waals surface area contributed by atoms with Gasteiger partial charge in [0, 0.05) is 5.92 Å². The Labute approximate surface area is 145 Å². The minimum absolute atomic E-state index is 0.454. The van der Waals surface area contributed by atoms with Gasteiger partial charge < -0.3 is 9.64 Å². The summed E-state index contributed by atoms with van der Waals surface area (Å²) in [5.74, 6) is 1.38. The van der Waals surface area contributed by atoms with Crippen LogP contribution in [-0.4, -0.2) is 39.4 Å². The Morgan fingerprint density at radius 1 is 1.21 bits per heavy atom. The summed E-state index contributed by atoms with van der Waals surface area (Å²) in [6, 6.07) is 2.46. The summed E-state index contributed by atoms with van der Waals surface area (Å²) in [4.78, 5) is 5.14. The molecule has 5 nitrogen and oxygen atoms in total. The van der Waals surface area contributed by atoms with Crippen molar-refractivity contribution in [3.8, 4) is 6.07 Å². The minimum atomic E-state index is 0.454. The fourth-order valence-electron chi connectivity index (χ4n) is 3.93. The van der Waals surface area contributed by atoms with Gasteiger partial charge in [-0.2, -0.15) is 5.26 Å². The number of morpholine rings is 1. The monoisotopic (exact) mass is 330 g/mol. The molecule has 0 atom stereocenters. The maximum absolute atomic E-state index is 9.72. The second kappa shape index (κ2) is 7.96. The number of hydrogen-bond donors (Lipinski definition) is 2. The molecule has 0 radical (unpaired) electrons. The molecule has 1 aliphatic carbocycles. The van der Waals surface area contributed by atoms with Crippen LogP contribution in [0.2, 0.25) is 0 Å². The van der Waals surface area contributed by atoms with Crippen LogP contribution in [0.3, 0.4) is 0 Å². The van der Waals surface area contributed by atoms with Gasteiger partial charge in [-0.25, -0.2) is 4.98 Å². The van der Waals surface area contributed by atoms with Gasteiger partial charge in [0.2, 0.25) is 0 Å². The maximum atomic E-state index is 9.72. The van der Waals surface area contributed by atoms with E-state index >= 15 is 0 Å². The van der Waals surface area contributed by atoms with Crippen molar-refractivity contribution >= 4 is 5.82 Å². The molecule has 3 rings (SSSR count). The summed E-state index contributed by atoms with van der Waals surface area (Å²) in [5.41, 5.74) is 4.83. The van der Waals surface area contributed by atoms with Gasteiger partial charge in [-0.1, -0.05) is 13.8 Å². The zero-order valence-electron chi connectivity index (χ0n) is 15.0. The Bertz CT molecular complexity index is 615. The van der Waals surface area contributed by atoms with Crippen molar-refractivity contribution < 1.29 is 14.6 Å². The van der Waals surface area contributed by atoms with Gasteiger partial charge in [0.25, 0.3) is 5.82 Å². The molecular formula is C19H30N4O+2. The van der Waals surface area contributed by atoms with E-state index < -0.39 is 0 Å². The Hall–Kier alpha value is -1.64. The highest BCUT2D eigenvalue weighted by molar-refractivity contribution is 5.56. The molecule has 3 N–H and O–H groups in total. The number of aromatic nitrogens is 1. The molecule has 0 spiro atoms. The quantitative estimate of drug-likeness (QED) is 0.835. The number of quaternary nitrogens is 1. The molecule has 2 aliphatic rings. The molecule has 1 aliphatic heterocycles. The van der Waals surface area contributed by atoms with E-state index in [4.69, 9.17) is 4.74 Å². The van der Waals surface area contributed by atoms with Crippen LogP contribution in [0.1, 0.15) is 55.0 Å². The molecule has 1 aromatic heterocycles. The fraction of sp³-hybridized carbons (Fsp3) is 0.684. The molecule has 0 saturated carbocycles. The van der Waals surface area contributed by atoms with Crippen LogP contribution in [-0.2, 0) is 17.6 Å². The van der Waals surface area contributed by atoms with Crippen LogP contribution in [0.15, 0.2) is 0 Å². The lowest BCUT2D eigenvalue weighted by Crippen LogP contribution is -3.14. The molecule has 1 saturated heterocycles. The Morgan fingerprint density at radius 3 is 2.58 bits per heavy atom. The second-order valence-corrected chi connectivity index (χ2v) is 7.26. The predicted molar refractivity (Wildman–Crippen MR) is 93.3 cm³/mol. The number of anilines is 1. The molecule has 0 amide bonds. The van der Waals surface area contributed by atoms with Gasteiger partial charge in [-0.3, -0.25) is 5.32 Å². The highest BCUT2D eigenvalue weighted by atomic mass is 16.5. The van der Waals surface area contributed by atoms with Crippen LogP contribution >= 0.6 is 0 Å². The van der Waals surface area contributed by atoms with Crippen molar-refractivity contribution in [1.82, 2.24) is 0 Å². The summed E-state index contributed by atoms with van der Waals surface area (Å²) in [6.45, 7) is 10.3. The number of aromatic amines is 1. The summed E-state index contributed by atoms with van der Waals surface area (Å²) in [5, 5.41) is 13.2. The lowest BCUT2D eigenvalue weighted by atomic mass is 9.85. The average molecular weight is 330 g/mol. The third-order valence-electron chi connectivity index (χ3n) is 5.27. The van der Waals surface area contributed by atoms with Crippen molar-refractivity contribution in [2.75, 3.05) is 44.7 Å². The van der Waals surface area contributed by atoms with Gasteiger partial charge in [-0.15, -0.1) is 0 Å². The number of nitrogens with zero attached hydrogens (tertiary/aromatic N) is 1. The fourth-order valence-corrected chi connectivity index (χ4v) is 3.93. The molecule has 2 heterocycles. The van der Waals surface area contributed by atoms with Gasteiger partial charge in [-0.05, 0) is 36.8 Å². The summed E-state index contributed by atoms with van der Waals surface area (Å²) in [7, 11) is 0. The van der Waals surface area contributed by atoms with Crippen LogP contribution < -0.4 is 15.2 Å². The first-order chi connectivity index (χ1) is 11.7. The number of H-pyrrole nitrogens is 1. The summed E-state index contributed by atoms with van der Waals surface area (Å²) in [6.07, 6.45) is 4.57. The lowest BCUT2D eigenvalue weighted by Gasteiger charge is -2.23. The second-order valence-electron chi connectivity index (χ2n) is 7.26. The average Bonchev–Trinajstić information content (AvgIpc) is 2.61. The first kappa shape index (κ1) is 17.2. The first-order valence-electron chi connectivity index (χ1n) is 9.37. The third kappa shape index (κ3) is 3.71. The van der Waals surface area contributed by atoms with Crippen LogP contribution in [0.4, 0.5) is 5.82 Å². The maximum Gasteiger partial charge on any atom is 0.291 e. The zero-order valence-corrected chi connectivity index (χ0v) is 15.0. The minimum Gasteiger partial charge on any atom is -0.370 e. The summed E-state index contributed by atoms with van der Waals surface area (Å²) >= 11 is 0. The highest BCUT2D eigenvalue weighted by Crippen LogP contribution is 2.31. The molecule has 0 aromatic carbocycles. The van der Waals surface area contributed by atoms with Crippen molar-refractivity contribution in [3.63, 3.8) is 0 Å². The normalized spacial score (nSPS) is 18.2. The van der Waals surface area contributed by atoms with Crippen LogP contribution in [0, 0.1) is 11.3 Å². The van der Waals surface area contributed by atoms with Gasteiger partial charge in [0.1, 0.15) is 43.5 Å². The molecule has 1 fully saturated rings. The lowest BCUT2D eigenvalue weighted by molar-refractivity contribution is -0.906. The van der Waals surface area contributed by atoms with E-state index in [1.165, 1.54) is 29.7 Å². The SMILES string of the molecule is CC(C)c1[nH+]c(NCC[NH+]2CCOCC2)c(C#N)c2c1CCCC2. The van der Waals surface area contributed by atoms with Crippen molar-refractivity contribution in [2.24, 2.45) is 0 Å². The molecule has 5 heteroatoms. The van der Waals surface area contributed by atoms with E-state index in [1.54, 1.807) is 4.90 Å². The zero-order chi connectivity index (χ0) is 16.9. The highest BCUT2D eigenvalue weighted by Gasteiger charge is 2.27. The van der Waals surface area contributed by atoms with E-state index in [0.29, 0.717) is 5.92 Å². The number of nitriles is 1. The molecule has 130 valence electrons. The number of hydrogen-bond acceptors (Lipinski definition) is 3. The smallest absolute Gasteiger partial charge is 0.291 e. The van der Waals surface area contributed by atoms with E-state index in [-0.39, 0.29) is 0 Å². The number of nitrogens with one attached hydrogen (secondary N) is 3. The van der Waals surface area contributed by atoms with E-state index in [2.05, 4.69) is 30.2 Å². The van der Waals surface area contributed by atoms with E-state index in [1.807, 2.05) is 0 Å². The topological polar surface area (TPSA) is 63.6 Å². The number of fused-ring (bicyclic) bond motifs is 1. The Balaban J connectivity index is 1.78. The van der Waals surface area contributed by atoms with Crippen LogP contribution in [0.25, 0.3) is 0 Å². The first-order valence-corrected chi connectivity index (χ1v) is 9.37. The molecule has 0 unspecified atom stereocenters. The van der Waals surface area contributed by atoms with E-state index in [0.717, 1.165) is 63.6 Å². The predicted octanol–water partition coefficient (Wildman–Crippen LogP) is 0.702. The number of rotatable bonds is 5. The Kier molecular flexibility index (Phi) is 5.70. The third-order valence-corrected chi connectivity index (χ3v) is 5.27. The van der Waals surface area contributed by atoms with Crippen LogP contribution in [0.5, 0.6) is 0 Å². The summed E-state index contributed by atoms with van der Waals surface area (Å²) < 4.78 is 5.41. The molecule has 0 bridgehead atoms. The standard InChI is InChI=1S/C19H28N4O/c1-14(2)18-16-6-4-3-5-15(16)17(13-20)19(22-18)21-7-8-23-9-11-24-12-10-23/h14H,3-12H2,1-2H3,(H,21,22)/p+2. The number of pyridine rings is 1. The van der Waals surface area contributed by atoms with E-state index in [9.17, 15) is 5.26 Å². The molecule has 1 aromatic rings. The Morgan fingerprint density at radius 2 is 1.92 bits per heavy atom.